The molecular formula is C18H17ClN2O4. The molecule has 2 N–H and O–H groups in total. The van der Waals surface area contributed by atoms with Gasteiger partial charge < -0.3 is 15.4 Å². The van der Waals surface area contributed by atoms with Crippen LogP contribution in [-0.2, 0) is 9.53 Å². The van der Waals surface area contributed by atoms with Gasteiger partial charge >= 0.3 is 5.97 Å². The van der Waals surface area contributed by atoms with Gasteiger partial charge in [-0.3, -0.25) is 9.59 Å². The molecule has 7 heteroatoms. The van der Waals surface area contributed by atoms with Crippen LogP contribution in [0.1, 0.15) is 26.3 Å². The molecule has 0 heterocycles. The molecule has 2 aromatic carbocycles. The van der Waals surface area contributed by atoms with Crippen LogP contribution in [0.25, 0.3) is 0 Å². The number of carbonyl (C=O) groups excluding carboxylic acids is 3. The summed E-state index contributed by atoms with van der Waals surface area (Å²) < 4.78 is 4.61. The SMILES string of the molecule is COC(=O)c1cccc(C(=O)NCC(=O)Nc2ccc(C)cc2Cl)c1. The molecule has 2 aromatic rings. The Kier molecular flexibility index (Phi) is 6.14. The molecule has 130 valence electrons. The smallest absolute Gasteiger partial charge is 0.337 e. The van der Waals surface area contributed by atoms with E-state index in [2.05, 4.69) is 15.4 Å². The van der Waals surface area contributed by atoms with Crippen LogP contribution in [0, 0.1) is 6.92 Å². The summed E-state index contributed by atoms with van der Waals surface area (Å²) in [5.74, 6) is -1.43. The molecule has 2 rings (SSSR count). The Bertz CT molecular complexity index is 820. The predicted molar refractivity (Wildman–Crippen MR) is 94.9 cm³/mol. The predicted octanol–water partition coefficient (Wildman–Crippen LogP) is 2.80. The third-order valence-electron chi connectivity index (χ3n) is 3.35. The molecule has 0 saturated heterocycles. The summed E-state index contributed by atoms with van der Waals surface area (Å²) in [7, 11) is 1.26. The van der Waals surface area contributed by atoms with E-state index in [1.807, 2.05) is 13.0 Å². The average Bonchev–Trinajstić information content (AvgIpc) is 2.61. The lowest BCUT2D eigenvalue weighted by atomic mass is 10.1. The highest BCUT2D eigenvalue weighted by molar-refractivity contribution is 6.33. The number of carbonyl (C=O) groups is 3. The summed E-state index contributed by atoms with van der Waals surface area (Å²) >= 11 is 6.05. The molecule has 0 fully saturated rings. The Morgan fingerprint density at radius 3 is 2.48 bits per heavy atom. The van der Waals surface area contributed by atoms with Crippen LogP contribution in [0.5, 0.6) is 0 Å². The topological polar surface area (TPSA) is 84.5 Å². The van der Waals surface area contributed by atoms with Crippen molar-refractivity contribution in [3.05, 3.63) is 64.2 Å². The fraction of sp³-hybridized carbons (Fsp3) is 0.167. The van der Waals surface area contributed by atoms with E-state index in [1.165, 1.54) is 25.3 Å². The van der Waals surface area contributed by atoms with Gasteiger partial charge in [0.25, 0.3) is 5.91 Å². The Morgan fingerprint density at radius 1 is 1.08 bits per heavy atom. The minimum Gasteiger partial charge on any atom is -0.465 e. The minimum atomic E-state index is -0.540. The van der Waals surface area contributed by atoms with Crippen LogP contribution < -0.4 is 10.6 Å². The minimum absolute atomic E-state index is 0.231. The van der Waals surface area contributed by atoms with Gasteiger partial charge in [-0.2, -0.15) is 0 Å². The molecule has 0 bridgehead atoms. The molecule has 0 aliphatic heterocycles. The second-order valence-corrected chi connectivity index (χ2v) is 5.69. The Morgan fingerprint density at radius 2 is 1.80 bits per heavy atom. The molecule has 0 unspecified atom stereocenters. The lowest BCUT2D eigenvalue weighted by Gasteiger charge is -2.09. The number of hydrogen-bond donors (Lipinski definition) is 2. The highest BCUT2D eigenvalue weighted by Crippen LogP contribution is 2.22. The largest absolute Gasteiger partial charge is 0.465 e. The van der Waals surface area contributed by atoms with Crippen LogP contribution in [0.4, 0.5) is 5.69 Å². The second kappa shape index (κ2) is 8.30. The molecule has 0 radical (unpaired) electrons. The molecule has 0 atom stereocenters. The van der Waals surface area contributed by atoms with E-state index in [0.29, 0.717) is 10.7 Å². The highest BCUT2D eigenvalue weighted by Gasteiger charge is 2.12. The molecule has 0 aliphatic rings. The average molecular weight is 361 g/mol. The Balaban J connectivity index is 1.95. The van der Waals surface area contributed by atoms with Crippen molar-refractivity contribution in [1.82, 2.24) is 5.32 Å². The van der Waals surface area contributed by atoms with E-state index < -0.39 is 17.8 Å². The summed E-state index contributed by atoms with van der Waals surface area (Å²) in [4.78, 5) is 35.5. The number of esters is 1. The number of rotatable bonds is 5. The van der Waals surface area contributed by atoms with Gasteiger partial charge in [-0.15, -0.1) is 0 Å². The maximum atomic E-state index is 12.1. The summed E-state index contributed by atoms with van der Waals surface area (Å²) in [5, 5.41) is 5.53. The number of benzene rings is 2. The summed E-state index contributed by atoms with van der Waals surface area (Å²) in [6.07, 6.45) is 0. The fourth-order valence-corrected chi connectivity index (χ4v) is 2.37. The zero-order valence-electron chi connectivity index (χ0n) is 13.8. The summed E-state index contributed by atoms with van der Waals surface area (Å²) in [6.45, 7) is 1.66. The van der Waals surface area contributed by atoms with Crippen molar-refractivity contribution in [2.75, 3.05) is 19.0 Å². The number of ether oxygens (including phenoxy) is 1. The lowest BCUT2D eigenvalue weighted by Crippen LogP contribution is -2.33. The van der Waals surface area contributed by atoms with Crippen molar-refractivity contribution in [2.45, 2.75) is 6.92 Å². The van der Waals surface area contributed by atoms with Crippen molar-refractivity contribution >= 4 is 35.1 Å². The number of aryl methyl sites for hydroxylation is 1. The monoisotopic (exact) mass is 360 g/mol. The van der Waals surface area contributed by atoms with Crippen LogP contribution >= 0.6 is 11.6 Å². The van der Waals surface area contributed by atoms with E-state index in [0.717, 1.165) is 5.56 Å². The van der Waals surface area contributed by atoms with E-state index in [4.69, 9.17) is 11.6 Å². The van der Waals surface area contributed by atoms with Crippen molar-refractivity contribution in [3.8, 4) is 0 Å². The first-order chi connectivity index (χ1) is 11.9. The van der Waals surface area contributed by atoms with Gasteiger partial charge in [-0.05, 0) is 42.8 Å². The molecule has 25 heavy (non-hydrogen) atoms. The van der Waals surface area contributed by atoms with Gasteiger partial charge in [0.2, 0.25) is 5.91 Å². The molecule has 0 aliphatic carbocycles. The third-order valence-corrected chi connectivity index (χ3v) is 3.67. The van der Waals surface area contributed by atoms with E-state index >= 15 is 0 Å². The van der Waals surface area contributed by atoms with Gasteiger partial charge in [0.1, 0.15) is 0 Å². The number of anilines is 1. The first-order valence-corrected chi connectivity index (χ1v) is 7.81. The van der Waals surface area contributed by atoms with Crippen molar-refractivity contribution in [2.24, 2.45) is 0 Å². The first kappa shape index (κ1) is 18.5. The Labute approximate surface area is 150 Å². The zero-order valence-corrected chi connectivity index (χ0v) is 14.5. The normalized spacial score (nSPS) is 10.0. The van der Waals surface area contributed by atoms with E-state index in [9.17, 15) is 14.4 Å². The number of halogens is 1. The zero-order chi connectivity index (χ0) is 18.4. The fourth-order valence-electron chi connectivity index (χ4n) is 2.08. The standard InChI is InChI=1S/C18H17ClN2O4/c1-11-6-7-15(14(19)8-11)21-16(22)10-20-17(23)12-4-3-5-13(9-12)18(24)25-2/h3-9H,10H2,1-2H3,(H,20,23)(H,21,22). The summed E-state index contributed by atoms with van der Waals surface area (Å²) in [5.41, 5.74) is 1.95. The van der Waals surface area contributed by atoms with Gasteiger partial charge in [0.05, 0.1) is 29.9 Å². The maximum absolute atomic E-state index is 12.1. The second-order valence-electron chi connectivity index (χ2n) is 5.29. The third kappa shape index (κ3) is 5.06. The number of hydrogen-bond acceptors (Lipinski definition) is 4. The van der Waals surface area contributed by atoms with Crippen LogP contribution in [0.2, 0.25) is 5.02 Å². The summed E-state index contributed by atoms with van der Waals surface area (Å²) in [6, 6.07) is 11.3. The van der Waals surface area contributed by atoms with Crippen LogP contribution in [0.15, 0.2) is 42.5 Å². The van der Waals surface area contributed by atoms with Crippen LogP contribution in [0.3, 0.4) is 0 Å². The van der Waals surface area contributed by atoms with Crippen molar-refractivity contribution in [3.63, 3.8) is 0 Å². The quantitative estimate of drug-likeness (QED) is 0.803. The number of methoxy groups -OCH3 is 1. The van der Waals surface area contributed by atoms with E-state index in [-0.39, 0.29) is 17.7 Å². The molecule has 0 spiro atoms. The lowest BCUT2D eigenvalue weighted by molar-refractivity contribution is -0.115. The van der Waals surface area contributed by atoms with Crippen LogP contribution in [-0.4, -0.2) is 31.4 Å². The first-order valence-electron chi connectivity index (χ1n) is 7.43. The molecule has 2 amide bonds. The molecule has 6 nitrogen and oxygen atoms in total. The maximum Gasteiger partial charge on any atom is 0.337 e. The number of nitrogens with one attached hydrogen (secondary N) is 2. The van der Waals surface area contributed by atoms with E-state index in [1.54, 1.807) is 18.2 Å². The molecule has 0 aromatic heterocycles. The van der Waals surface area contributed by atoms with Crippen molar-refractivity contribution < 1.29 is 19.1 Å². The Hall–Kier alpha value is -2.86. The van der Waals surface area contributed by atoms with Gasteiger partial charge in [-0.25, -0.2) is 4.79 Å². The molecular weight excluding hydrogens is 344 g/mol. The van der Waals surface area contributed by atoms with Gasteiger partial charge in [-0.1, -0.05) is 23.7 Å². The number of amides is 2. The van der Waals surface area contributed by atoms with Gasteiger partial charge in [0, 0.05) is 5.56 Å². The van der Waals surface area contributed by atoms with Gasteiger partial charge in [0.15, 0.2) is 0 Å². The highest BCUT2D eigenvalue weighted by atomic mass is 35.5. The van der Waals surface area contributed by atoms with Crippen molar-refractivity contribution in [1.29, 1.82) is 0 Å². The molecule has 0 saturated carbocycles.